The van der Waals surface area contributed by atoms with E-state index in [0.717, 1.165) is 22.6 Å². The zero-order valence-electron chi connectivity index (χ0n) is 18.5. The minimum absolute atomic E-state index is 0.0304. The summed E-state index contributed by atoms with van der Waals surface area (Å²) in [7, 11) is 1.61. The summed E-state index contributed by atoms with van der Waals surface area (Å²) in [5.41, 5.74) is 1.89. The molecule has 0 unspecified atom stereocenters. The average molecular weight is 437 g/mol. The standard InChI is InChI=1S/C24H27N3O5/c1-16(2)19-6-4-5-7-20(19)31-15-22(28)27-12-13-30-21(14-27)24-25-23(26-32-24)17-8-10-18(29-3)11-9-17/h4-11,16,21H,12-15H2,1-3H3/t21-/m1/s1. The Bertz CT molecular complexity index is 1050. The van der Waals surface area contributed by atoms with Gasteiger partial charge in [0.15, 0.2) is 12.7 Å². The highest BCUT2D eigenvalue weighted by Gasteiger charge is 2.30. The van der Waals surface area contributed by atoms with E-state index in [0.29, 0.717) is 37.3 Å². The molecule has 3 aromatic rings. The van der Waals surface area contributed by atoms with Crippen LogP contribution in [0.4, 0.5) is 0 Å². The number of hydrogen-bond acceptors (Lipinski definition) is 7. The van der Waals surface area contributed by atoms with Crippen molar-refractivity contribution in [1.29, 1.82) is 0 Å². The molecular weight excluding hydrogens is 410 g/mol. The average Bonchev–Trinajstić information content (AvgIpc) is 3.33. The maximum Gasteiger partial charge on any atom is 0.260 e. The van der Waals surface area contributed by atoms with Crippen LogP contribution in [0.2, 0.25) is 0 Å². The fourth-order valence-electron chi connectivity index (χ4n) is 3.57. The highest BCUT2D eigenvalue weighted by Crippen LogP contribution is 2.27. The number of carbonyl (C=O) groups excluding carboxylic acids is 1. The molecule has 4 rings (SSSR count). The largest absolute Gasteiger partial charge is 0.497 e. The number of ether oxygens (including phenoxy) is 3. The molecule has 1 aliphatic heterocycles. The maximum absolute atomic E-state index is 12.8. The molecule has 1 aliphatic rings. The first-order chi connectivity index (χ1) is 15.5. The van der Waals surface area contributed by atoms with Crippen LogP contribution < -0.4 is 9.47 Å². The summed E-state index contributed by atoms with van der Waals surface area (Å²) in [4.78, 5) is 19.0. The number of rotatable bonds is 7. The Hall–Kier alpha value is -3.39. The number of morpholine rings is 1. The van der Waals surface area contributed by atoms with E-state index < -0.39 is 6.10 Å². The van der Waals surface area contributed by atoms with Crippen LogP contribution in [-0.4, -0.2) is 54.4 Å². The Morgan fingerprint density at radius 3 is 2.72 bits per heavy atom. The van der Waals surface area contributed by atoms with Crippen molar-refractivity contribution in [2.24, 2.45) is 0 Å². The van der Waals surface area contributed by atoms with Gasteiger partial charge in [0.2, 0.25) is 5.82 Å². The Labute approximate surface area is 187 Å². The SMILES string of the molecule is COc1ccc(-c2noc([C@H]3CN(C(=O)COc4ccccc4C(C)C)CCO3)n2)cc1. The first kappa shape index (κ1) is 21.8. The number of carbonyl (C=O) groups is 1. The van der Waals surface area contributed by atoms with E-state index in [1.165, 1.54) is 0 Å². The van der Waals surface area contributed by atoms with E-state index in [2.05, 4.69) is 24.0 Å². The molecule has 168 valence electrons. The van der Waals surface area contributed by atoms with E-state index in [-0.39, 0.29) is 12.5 Å². The van der Waals surface area contributed by atoms with E-state index in [4.69, 9.17) is 18.7 Å². The van der Waals surface area contributed by atoms with Crippen molar-refractivity contribution in [1.82, 2.24) is 15.0 Å². The summed E-state index contributed by atoms with van der Waals surface area (Å²) in [5.74, 6) is 2.50. The predicted octanol–water partition coefficient (Wildman–Crippen LogP) is 3.85. The first-order valence-electron chi connectivity index (χ1n) is 10.6. The number of aromatic nitrogens is 2. The number of nitrogens with zero attached hydrogens (tertiary/aromatic N) is 3. The van der Waals surface area contributed by atoms with Gasteiger partial charge < -0.3 is 23.6 Å². The van der Waals surface area contributed by atoms with Crippen molar-refractivity contribution >= 4 is 5.91 Å². The van der Waals surface area contributed by atoms with E-state index in [1.54, 1.807) is 12.0 Å². The van der Waals surface area contributed by atoms with Crippen LogP contribution in [0.5, 0.6) is 11.5 Å². The number of benzene rings is 2. The van der Waals surface area contributed by atoms with Crippen LogP contribution in [0.1, 0.15) is 37.3 Å². The third kappa shape index (κ3) is 4.91. The van der Waals surface area contributed by atoms with Gasteiger partial charge in [-0.2, -0.15) is 4.98 Å². The van der Waals surface area contributed by atoms with Crippen molar-refractivity contribution in [3.05, 3.63) is 60.0 Å². The second kappa shape index (κ2) is 9.82. The Kier molecular flexibility index (Phi) is 6.70. The van der Waals surface area contributed by atoms with Crippen molar-refractivity contribution in [2.75, 3.05) is 33.4 Å². The topological polar surface area (TPSA) is 86.9 Å². The summed E-state index contributed by atoms with van der Waals surface area (Å²) in [6.45, 7) is 5.38. The molecule has 32 heavy (non-hydrogen) atoms. The molecule has 8 heteroatoms. The van der Waals surface area contributed by atoms with Crippen LogP contribution in [0, 0.1) is 0 Å². The molecule has 2 heterocycles. The van der Waals surface area contributed by atoms with Gasteiger partial charge in [-0.25, -0.2) is 0 Å². The monoisotopic (exact) mass is 437 g/mol. The number of methoxy groups -OCH3 is 1. The molecule has 1 saturated heterocycles. The van der Waals surface area contributed by atoms with E-state index in [9.17, 15) is 4.79 Å². The summed E-state index contributed by atoms with van der Waals surface area (Å²) in [6, 6.07) is 15.2. The number of hydrogen-bond donors (Lipinski definition) is 0. The maximum atomic E-state index is 12.8. The molecule has 1 aromatic heterocycles. The lowest BCUT2D eigenvalue weighted by Gasteiger charge is -2.31. The van der Waals surface area contributed by atoms with Crippen molar-refractivity contribution in [3.63, 3.8) is 0 Å². The minimum Gasteiger partial charge on any atom is -0.497 e. The molecule has 0 spiro atoms. The third-order valence-corrected chi connectivity index (χ3v) is 5.38. The lowest BCUT2D eigenvalue weighted by Crippen LogP contribution is -2.44. The lowest BCUT2D eigenvalue weighted by molar-refractivity contribution is -0.142. The smallest absolute Gasteiger partial charge is 0.260 e. The van der Waals surface area contributed by atoms with Crippen molar-refractivity contribution in [2.45, 2.75) is 25.9 Å². The van der Waals surface area contributed by atoms with Crippen LogP contribution >= 0.6 is 0 Å². The van der Waals surface area contributed by atoms with Crippen LogP contribution in [0.25, 0.3) is 11.4 Å². The molecule has 1 atom stereocenters. The molecule has 1 amide bonds. The summed E-state index contributed by atoms with van der Waals surface area (Å²) in [6.07, 6.45) is -0.477. The van der Waals surface area contributed by atoms with Gasteiger partial charge in [-0.1, -0.05) is 37.2 Å². The van der Waals surface area contributed by atoms with Gasteiger partial charge >= 0.3 is 0 Å². The van der Waals surface area contributed by atoms with Crippen LogP contribution in [0.15, 0.2) is 53.1 Å². The van der Waals surface area contributed by atoms with E-state index >= 15 is 0 Å². The van der Waals surface area contributed by atoms with Crippen molar-refractivity contribution < 1.29 is 23.5 Å². The fourth-order valence-corrected chi connectivity index (χ4v) is 3.57. The van der Waals surface area contributed by atoms with Gasteiger partial charge in [-0.3, -0.25) is 4.79 Å². The third-order valence-electron chi connectivity index (χ3n) is 5.38. The molecular formula is C24H27N3O5. The van der Waals surface area contributed by atoms with Gasteiger partial charge in [0, 0.05) is 12.1 Å². The Balaban J connectivity index is 1.38. The second-order valence-corrected chi connectivity index (χ2v) is 7.87. The normalized spacial score (nSPS) is 16.2. The Morgan fingerprint density at radius 2 is 1.97 bits per heavy atom. The molecule has 8 nitrogen and oxygen atoms in total. The summed E-state index contributed by atoms with van der Waals surface area (Å²) < 4.78 is 22.2. The lowest BCUT2D eigenvalue weighted by atomic mass is 10.0. The molecule has 0 bridgehead atoms. The highest BCUT2D eigenvalue weighted by atomic mass is 16.5. The molecule has 1 fully saturated rings. The summed E-state index contributed by atoms with van der Waals surface area (Å²) in [5, 5.41) is 4.05. The van der Waals surface area contributed by atoms with Gasteiger partial charge in [-0.05, 0) is 41.8 Å². The van der Waals surface area contributed by atoms with Gasteiger partial charge in [0.1, 0.15) is 11.5 Å². The zero-order chi connectivity index (χ0) is 22.5. The van der Waals surface area contributed by atoms with E-state index in [1.807, 2.05) is 48.5 Å². The molecule has 0 aliphatic carbocycles. The second-order valence-electron chi connectivity index (χ2n) is 7.87. The van der Waals surface area contributed by atoms with Crippen molar-refractivity contribution in [3.8, 4) is 22.9 Å². The quantitative estimate of drug-likeness (QED) is 0.555. The first-order valence-corrected chi connectivity index (χ1v) is 10.6. The number of amides is 1. The molecule has 0 saturated carbocycles. The Morgan fingerprint density at radius 1 is 1.19 bits per heavy atom. The predicted molar refractivity (Wildman–Crippen MR) is 118 cm³/mol. The highest BCUT2D eigenvalue weighted by molar-refractivity contribution is 5.78. The molecule has 0 N–H and O–H groups in total. The van der Waals surface area contributed by atoms with Crippen LogP contribution in [0.3, 0.4) is 0 Å². The minimum atomic E-state index is -0.477. The van der Waals surface area contributed by atoms with Gasteiger partial charge in [0.25, 0.3) is 11.8 Å². The van der Waals surface area contributed by atoms with Gasteiger partial charge in [0.05, 0.1) is 20.3 Å². The summed E-state index contributed by atoms with van der Waals surface area (Å²) >= 11 is 0. The molecule has 2 aromatic carbocycles. The fraction of sp³-hybridized carbons (Fsp3) is 0.375. The zero-order valence-corrected chi connectivity index (χ0v) is 18.5. The van der Waals surface area contributed by atoms with Gasteiger partial charge in [-0.15, -0.1) is 0 Å². The van der Waals surface area contributed by atoms with Crippen LogP contribution in [-0.2, 0) is 9.53 Å². The number of para-hydroxylation sites is 1. The molecule has 0 radical (unpaired) electrons.